The van der Waals surface area contributed by atoms with Crippen molar-refractivity contribution in [3.8, 4) is 0 Å². The monoisotopic (exact) mass is 393 g/mol. The van der Waals surface area contributed by atoms with Gasteiger partial charge >= 0.3 is 132 Å². The number of unbranched alkanes of at least 4 members (excludes halogenated alkanes) is 3. The van der Waals surface area contributed by atoms with Crippen LogP contribution >= 0.6 is 0 Å². The van der Waals surface area contributed by atoms with Crippen LogP contribution in [0.2, 0.25) is 13.3 Å². The molecule has 0 saturated carbocycles. The van der Waals surface area contributed by atoms with E-state index in [2.05, 4.69) is 27.7 Å². The molecule has 2 nitrogen and oxygen atoms in total. The van der Waals surface area contributed by atoms with Crippen LogP contribution < -0.4 is 5.73 Å². The number of nitrogens with two attached hydrogens (primary N) is 1. The Morgan fingerprint density at radius 3 is 1.60 bits per heavy atom. The molecule has 0 amide bonds. The van der Waals surface area contributed by atoms with Gasteiger partial charge in [-0.3, -0.25) is 0 Å². The van der Waals surface area contributed by atoms with Crippen molar-refractivity contribution in [2.75, 3.05) is 11.2 Å². The first kappa shape index (κ1) is 20.7. The average molecular weight is 392 g/mol. The summed E-state index contributed by atoms with van der Waals surface area (Å²) in [5.74, 6) is 0. The molecule has 0 aromatic carbocycles. The molecule has 0 aromatic rings. The SMILES string of the molecule is CCC[CH2][Sn]([CH2]CCC)([CH2]CCC)[CH2]O[C@@H](CC)CN. The minimum atomic E-state index is -2.07. The average Bonchev–Trinajstić information content (AvgIpc) is 2.49. The van der Waals surface area contributed by atoms with Crippen molar-refractivity contribution in [1.82, 2.24) is 0 Å². The van der Waals surface area contributed by atoms with Crippen LogP contribution in [-0.2, 0) is 4.74 Å². The maximum absolute atomic E-state index is 6.27. The zero-order chi connectivity index (χ0) is 15.3. The van der Waals surface area contributed by atoms with E-state index < -0.39 is 18.4 Å². The van der Waals surface area contributed by atoms with Gasteiger partial charge in [-0.2, -0.15) is 0 Å². The summed E-state index contributed by atoms with van der Waals surface area (Å²) in [6, 6.07) is 0. The molecule has 122 valence electrons. The van der Waals surface area contributed by atoms with Gasteiger partial charge in [0.1, 0.15) is 0 Å². The maximum atomic E-state index is 6.27. The summed E-state index contributed by atoms with van der Waals surface area (Å²) in [4.78, 5) is 0. The Morgan fingerprint density at radius 1 is 0.850 bits per heavy atom. The second-order valence-electron chi connectivity index (χ2n) is 6.39. The third-order valence-corrected chi connectivity index (χ3v) is 18.9. The van der Waals surface area contributed by atoms with Crippen molar-refractivity contribution >= 4 is 18.4 Å². The van der Waals surface area contributed by atoms with Crippen LogP contribution in [0.4, 0.5) is 0 Å². The molecule has 0 fully saturated rings. The van der Waals surface area contributed by atoms with Crippen molar-refractivity contribution in [2.24, 2.45) is 5.73 Å². The third kappa shape index (κ3) is 8.88. The van der Waals surface area contributed by atoms with Gasteiger partial charge in [-0.1, -0.05) is 0 Å². The van der Waals surface area contributed by atoms with E-state index in [-0.39, 0.29) is 0 Å². The summed E-state index contributed by atoms with van der Waals surface area (Å²) in [5.41, 5.74) is 5.81. The molecule has 0 spiro atoms. The molecule has 3 heteroatoms. The Hall–Kier alpha value is 0.719. The zero-order valence-electron chi connectivity index (χ0n) is 14.5. The second-order valence-corrected chi connectivity index (χ2v) is 20.1. The van der Waals surface area contributed by atoms with Gasteiger partial charge in [-0.05, 0) is 0 Å². The molecule has 0 saturated heterocycles. The molecule has 0 heterocycles. The van der Waals surface area contributed by atoms with Crippen molar-refractivity contribution < 1.29 is 4.74 Å². The molecule has 0 rings (SSSR count). The van der Waals surface area contributed by atoms with E-state index in [1.165, 1.54) is 51.8 Å². The molecule has 20 heavy (non-hydrogen) atoms. The Balaban J connectivity index is 4.64. The molecule has 0 bridgehead atoms. The molecule has 0 radical (unpaired) electrons. The molecular weight excluding hydrogens is 353 g/mol. The van der Waals surface area contributed by atoms with Crippen LogP contribution in [-0.4, -0.2) is 35.6 Å². The first-order valence-electron chi connectivity index (χ1n) is 8.99. The Labute approximate surface area is 132 Å². The van der Waals surface area contributed by atoms with Crippen LogP contribution in [0.15, 0.2) is 0 Å². The van der Waals surface area contributed by atoms with Gasteiger partial charge in [0.25, 0.3) is 0 Å². The van der Waals surface area contributed by atoms with Crippen molar-refractivity contribution in [3.05, 3.63) is 0 Å². The van der Waals surface area contributed by atoms with Gasteiger partial charge in [0, 0.05) is 0 Å². The number of ether oxygens (including phenoxy) is 1. The molecule has 0 aromatic heterocycles. The van der Waals surface area contributed by atoms with Crippen LogP contribution in [0.25, 0.3) is 0 Å². The van der Waals surface area contributed by atoms with E-state index in [0.29, 0.717) is 12.6 Å². The predicted molar refractivity (Wildman–Crippen MR) is 94.0 cm³/mol. The summed E-state index contributed by atoms with van der Waals surface area (Å²) in [5, 5.41) is 0. The normalized spacial score (nSPS) is 13.7. The van der Waals surface area contributed by atoms with E-state index >= 15 is 0 Å². The molecule has 1 atom stereocenters. The van der Waals surface area contributed by atoms with Crippen molar-refractivity contribution in [1.29, 1.82) is 0 Å². The summed E-state index contributed by atoms with van der Waals surface area (Å²) < 4.78 is 12.0. The number of rotatable bonds is 14. The molecule has 0 aliphatic rings. The van der Waals surface area contributed by atoms with E-state index in [9.17, 15) is 0 Å². The number of hydrogen-bond acceptors (Lipinski definition) is 2. The molecule has 0 aliphatic carbocycles. The first-order valence-corrected chi connectivity index (χ1v) is 17.1. The fraction of sp³-hybridized carbons (Fsp3) is 1.00. The minimum absolute atomic E-state index is 0.302. The Morgan fingerprint density at radius 2 is 1.30 bits per heavy atom. The van der Waals surface area contributed by atoms with Gasteiger partial charge in [0.15, 0.2) is 0 Å². The molecule has 0 aliphatic heterocycles. The zero-order valence-corrected chi connectivity index (χ0v) is 17.4. The summed E-state index contributed by atoms with van der Waals surface area (Å²) >= 11 is -2.07. The van der Waals surface area contributed by atoms with E-state index in [0.717, 1.165) is 11.0 Å². The van der Waals surface area contributed by atoms with Crippen molar-refractivity contribution in [2.45, 2.75) is 92.1 Å². The van der Waals surface area contributed by atoms with Gasteiger partial charge in [0.2, 0.25) is 0 Å². The third-order valence-electron chi connectivity index (χ3n) is 4.53. The first-order chi connectivity index (χ1) is 9.67. The van der Waals surface area contributed by atoms with Gasteiger partial charge in [-0.25, -0.2) is 0 Å². The van der Waals surface area contributed by atoms with E-state index in [1.54, 1.807) is 0 Å². The fourth-order valence-corrected chi connectivity index (χ4v) is 17.4. The molecule has 0 unspecified atom stereocenters. The predicted octanol–water partition coefficient (Wildman–Crippen LogP) is 5.13. The summed E-state index contributed by atoms with van der Waals surface area (Å²) in [6.45, 7) is 9.86. The summed E-state index contributed by atoms with van der Waals surface area (Å²) in [6.07, 6.45) is 9.65. The fourth-order valence-electron chi connectivity index (χ4n) is 2.89. The summed E-state index contributed by atoms with van der Waals surface area (Å²) in [7, 11) is 0. The van der Waals surface area contributed by atoms with E-state index in [4.69, 9.17) is 10.5 Å². The second kappa shape index (κ2) is 13.4. The van der Waals surface area contributed by atoms with Gasteiger partial charge < -0.3 is 0 Å². The quantitative estimate of drug-likeness (QED) is 0.416. The molecule has 2 N–H and O–H groups in total. The standard InChI is InChI=1S/C5H12NO.3C4H9.Sn/c1-3-5(4-6)7-2;3*1-3-4-2;/h5H,2-4,6H2,1H3;3*1,3-4H2,2H3;/t5-;;;;/m0..../s1. The Kier molecular flexibility index (Phi) is 13.9. The van der Waals surface area contributed by atoms with Crippen LogP contribution in [0.5, 0.6) is 0 Å². The van der Waals surface area contributed by atoms with Crippen molar-refractivity contribution in [3.63, 3.8) is 0 Å². The topological polar surface area (TPSA) is 35.2 Å². The molecular formula is C17H39NOSn. The van der Waals surface area contributed by atoms with Crippen LogP contribution in [0, 0.1) is 0 Å². The van der Waals surface area contributed by atoms with Gasteiger partial charge in [-0.15, -0.1) is 0 Å². The van der Waals surface area contributed by atoms with Gasteiger partial charge in [0.05, 0.1) is 0 Å². The van der Waals surface area contributed by atoms with E-state index in [1.807, 2.05) is 0 Å². The van der Waals surface area contributed by atoms with Crippen LogP contribution in [0.3, 0.4) is 0 Å². The number of hydrogen-bond donors (Lipinski definition) is 1. The Bertz CT molecular complexity index is 185. The van der Waals surface area contributed by atoms with Crippen LogP contribution in [0.1, 0.15) is 72.6 Å².